The van der Waals surface area contributed by atoms with E-state index >= 15 is 0 Å². The van der Waals surface area contributed by atoms with Crippen LogP contribution < -0.4 is 5.32 Å². The van der Waals surface area contributed by atoms with E-state index in [1.807, 2.05) is 6.07 Å². The van der Waals surface area contributed by atoms with E-state index in [1.54, 1.807) is 42.1 Å². The van der Waals surface area contributed by atoms with Crippen LogP contribution in [0.15, 0.2) is 29.8 Å². The van der Waals surface area contributed by atoms with E-state index in [-0.39, 0.29) is 11.9 Å². The number of halogens is 1. The fourth-order valence-electron chi connectivity index (χ4n) is 2.69. The number of aromatic nitrogens is 4. The zero-order valence-corrected chi connectivity index (χ0v) is 14.3. The van der Waals surface area contributed by atoms with E-state index < -0.39 is 0 Å². The second-order valence-corrected chi connectivity index (χ2v) is 7.27. The molecule has 0 unspecified atom stereocenters. The standard InChI is InChI=1S/C15H18ClN5OS/c1-21-9-12(16)13(20-21)14(22)19-10-3-5-11(6-4-10)23-15-17-7-2-8-18-15/h2,7-11H,3-6H2,1H3,(H,19,22). The van der Waals surface area contributed by atoms with Crippen molar-refractivity contribution in [2.75, 3.05) is 0 Å². The molecule has 2 heterocycles. The Labute approximate surface area is 144 Å². The molecule has 1 aliphatic carbocycles. The quantitative estimate of drug-likeness (QED) is 0.857. The first-order chi connectivity index (χ1) is 11.1. The highest BCUT2D eigenvalue weighted by Crippen LogP contribution is 2.31. The summed E-state index contributed by atoms with van der Waals surface area (Å²) in [7, 11) is 1.75. The Morgan fingerprint density at radius 3 is 2.61 bits per heavy atom. The lowest BCUT2D eigenvalue weighted by atomic mass is 9.95. The SMILES string of the molecule is Cn1cc(Cl)c(C(=O)NC2CCC(Sc3ncccn3)CC2)n1. The lowest BCUT2D eigenvalue weighted by Gasteiger charge is -2.28. The maximum atomic E-state index is 12.2. The van der Waals surface area contributed by atoms with Gasteiger partial charge in [0.1, 0.15) is 0 Å². The van der Waals surface area contributed by atoms with Gasteiger partial charge in [0.25, 0.3) is 5.91 Å². The zero-order chi connectivity index (χ0) is 16.2. The topological polar surface area (TPSA) is 72.7 Å². The summed E-state index contributed by atoms with van der Waals surface area (Å²) < 4.78 is 1.55. The first-order valence-electron chi connectivity index (χ1n) is 7.55. The summed E-state index contributed by atoms with van der Waals surface area (Å²) in [6.45, 7) is 0. The predicted octanol–water partition coefficient (Wildman–Crippen LogP) is 2.70. The number of carbonyl (C=O) groups is 1. The molecule has 0 atom stereocenters. The smallest absolute Gasteiger partial charge is 0.273 e. The molecule has 1 fully saturated rings. The van der Waals surface area contributed by atoms with E-state index in [4.69, 9.17) is 11.6 Å². The lowest BCUT2D eigenvalue weighted by Crippen LogP contribution is -2.38. The molecule has 0 saturated heterocycles. The van der Waals surface area contributed by atoms with Crippen molar-refractivity contribution in [1.29, 1.82) is 0 Å². The first-order valence-corrected chi connectivity index (χ1v) is 8.81. The molecule has 3 rings (SSSR count). The molecule has 8 heteroatoms. The van der Waals surface area contributed by atoms with Crippen LogP contribution in [-0.4, -0.2) is 36.9 Å². The van der Waals surface area contributed by atoms with Crippen molar-refractivity contribution >= 4 is 29.3 Å². The molecule has 1 amide bonds. The number of thioether (sulfide) groups is 1. The lowest BCUT2D eigenvalue weighted by molar-refractivity contribution is 0.0922. The molecule has 1 N–H and O–H groups in total. The number of amides is 1. The average Bonchev–Trinajstić information content (AvgIpc) is 2.89. The summed E-state index contributed by atoms with van der Waals surface area (Å²) in [6.07, 6.45) is 9.11. The van der Waals surface area contributed by atoms with E-state index in [2.05, 4.69) is 20.4 Å². The summed E-state index contributed by atoms with van der Waals surface area (Å²) >= 11 is 7.73. The number of nitrogens with one attached hydrogen (secondary N) is 1. The van der Waals surface area contributed by atoms with E-state index in [0.29, 0.717) is 16.0 Å². The van der Waals surface area contributed by atoms with Crippen LogP contribution >= 0.6 is 23.4 Å². The molecule has 122 valence electrons. The summed E-state index contributed by atoms with van der Waals surface area (Å²) in [4.78, 5) is 20.7. The van der Waals surface area contributed by atoms with Gasteiger partial charge in [-0.25, -0.2) is 9.97 Å². The number of rotatable bonds is 4. The van der Waals surface area contributed by atoms with Crippen LogP contribution in [0.2, 0.25) is 5.02 Å². The Bertz CT molecular complexity index is 670. The third-order valence-electron chi connectivity index (χ3n) is 3.82. The maximum absolute atomic E-state index is 12.2. The average molecular weight is 352 g/mol. The fourth-order valence-corrected chi connectivity index (χ4v) is 4.00. The van der Waals surface area contributed by atoms with Crippen molar-refractivity contribution in [3.05, 3.63) is 35.4 Å². The highest BCUT2D eigenvalue weighted by molar-refractivity contribution is 7.99. The van der Waals surface area contributed by atoms with Gasteiger partial charge in [0.15, 0.2) is 10.9 Å². The number of aryl methyl sites for hydroxylation is 1. The molecule has 2 aromatic rings. The second kappa shape index (κ2) is 7.31. The largest absolute Gasteiger partial charge is 0.348 e. The first kappa shape index (κ1) is 16.3. The normalized spacial score (nSPS) is 21.1. The molecule has 0 spiro atoms. The number of carbonyl (C=O) groups excluding carboxylic acids is 1. The van der Waals surface area contributed by atoms with Crippen LogP contribution in [0.1, 0.15) is 36.2 Å². The minimum absolute atomic E-state index is 0.175. The Morgan fingerprint density at radius 2 is 2.00 bits per heavy atom. The van der Waals surface area contributed by atoms with Crippen LogP contribution in [-0.2, 0) is 7.05 Å². The molecule has 6 nitrogen and oxygen atoms in total. The number of nitrogens with zero attached hydrogens (tertiary/aromatic N) is 4. The summed E-state index contributed by atoms with van der Waals surface area (Å²) in [5.41, 5.74) is 0.295. The van der Waals surface area contributed by atoms with Crippen molar-refractivity contribution in [3.8, 4) is 0 Å². The van der Waals surface area contributed by atoms with Gasteiger partial charge in [-0.2, -0.15) is 5.10 Å². The number of hydrogen-bond acceptors (Lipinski definition) is 5. The highest BCUT2D eigenvalue weighted by Gasteiger charge is 2.25. The Balaban J connectivity index is 1.49. The fraction of sp³-hybridized carbons (Fsp3) is 0.467. The molecule has 0 aromatic carbocycles. The van der Waals surface area contributed by atoms with E-state index in [1.165, 1.54) is 0 Å². The second-order valence-electron chi connectivity index (χ2n) is 5.60. The molecule has 23 heavy (non-hydrogen) atoms. The third kappa shape index (κ3) is 4.23. The summed E-state index contributed by atoms with van der Waals surface area (Å²) in [5, 5.41) is 8.84. The van der Waals surface area contributed by atoms with Crippen LogP contribution in [0.3, 0.4) is 0 Å². The molecule has 1 aliphatic rings. The van der Waals surface area contributed by atoms with Gasteiger partial charge in [0.2, 0.25) is 0 Å². The van der Waals surface area contributed by atoms with Crippen LogP contribution in [0.25, 0.3) is 0 Å². The van der Waals surface area contributed by atoms with Gasteiger partial charge >= 0.3 is 0 Å². The maximum Gasteiger partial charge on any atom is 0.273 e. The monoisotopic (exact) mass is 351 g/mol. The summed E-state index contributed by atoms with van der Waals surface area (Å²) in [6, 6.07) is 1.99. The molecule has 1 saturated carbocycles. The van der Waals surface area contributed by atoms with Crippen molar-refractivity contribution < 1.29 is 4.79 Å². The minimum Gasteiger partial charge on any atom is -0.348 e. The van der Waals surface area contributed by atoms with Crippen molar-refractivity contribution in [3.63, 3.8) is 0 Å². The molecule has 2 aromatic heterocycles. The highest BCUT2D eigenvalue weighted by atomic mass is 35.5. The summed E-state index contributed by atoms with van der Waals surface area (Å²) in [5.74, 6) is -0.196. The Morgan fingerprint density at radius 1 is 1.30 bits per heavy atom. The predicted molar refractivity (Wildman–Crippen MR) is 89.6 cm³/mol. The Kier molecular flexibility index (Phi) is 5.17. The van der Waals surface area contributed by atoms with Gasteiger partial charge in [-0.15, -0.1) is 0 Å². The third-order valence-corrected chi connectivity index (χ3v) is 5.33. The van der Waals surface area contributed by atoms with Crippen LogP contribution in [0.4, 0.5) is 0 Å². The van der Waals surface area contributed by atoms with E-state index in [0.717, 1.165) is 30.8 Å². The van der Waals surface area contributed by atoms with Crippen molar-refractivity contribution in [2.24, 2.45) is 7.05 Å². The van der Waals surface area contributed by atoms with E-state index in [9.17, 15) is 4.79 Å². The van der Waals surface area contributed by atoms with Gasteiger partial charge in [0, 0.05) is 36.9 Å². The number of hydrogen-bond donors (Lipinski definition) is 1. The van der Waals surface area contributed by atoms with Gasteiger partial charge in [-0.3, -0.25) is 9.48 Å². The van der Waals surface area contributed by atoms with Gasteiger partial charge in [0.05, 0.1) is 5.02 Å². The van der Waals surface area contributed by atoms with Gasteiger partial charge < -0.3 is 5.32 Å². The van der Waals surface area contributed by atoms with Gasteiger partial charge in [-0.1, -0.05) is 23.4 Å². The molecule has 0 radical (unpaired) electrons. The van der Waals surface area contributed by atoms with Crippen molar-refractivity contribution in [2.45, 2.75) is 42.1 Å². The molecule has 0 bridgehead atoms. The molecule has 0 aliphatic heterocycles. The van der Waals surface area contributed by atoms with Gasteiger partial charge in [-0.05, 0) is 31.7 Å². The molecular formula is C15H18ClN5OS. The minimum atomic E-state index is -0.196. The Hall–Kier alpha value is -1.60. The molecular weight excluding hydrogens is 334 g/mol. The van der Waals surface area contributed by atoms with Crippen LogP contribution in [0, 0.1) is 0 Å². The zero-order valence-electron chi connectivity index (χ0n) is 12.8. The van der Waals surface area contributed by atoms with Crippen LogP contribution in [0.5, 0.6) is 0 Å². The van der Waals surface area contributed by atoms with Crippen molar-refractivity contribution in [1.82, 2.24) is 25.1 Å².